The van der Waals surface area contributed by atoms with Crippen molar-refractivity contribution in [2.24, 2.45) is 5.92 Å². The number of rotatable bonds is 2. The molecule has 16 heavy (non-hydrogen) atoms. The Labute approximate surface area is 93.3 Å². The Hall–Kier alpha value is -1.42. The third kappa shape index (κ3) is 2.22. The van der Waals surface area contributed by atoms with Gasteiger partial charge in [-0.25, -0.2) is 4.39 Å². The van der Waals surface area contributed by atoms with E-state index in [0.717, 1.165) is 13.0 Å². The summed E-state index contributed by atoms with van der Waals surface area (Å²) in [5.74, 6) is -1.61. The number of carbonyl (C=O) groups is 1. The Morgan fingerprint density at radius 3 is 3.00 bits per heavy atom. The predicted octanol–water partition coefficient (Wildman–Crippen LogP) is 1.95. The van der Waals surface area contributed by atoms with Crippen LogP contribution >= 0.6 is 0 Å². The smallest absolute Gasteiger partial charge is 0.308 e. The van der Waals surface area contributed by atoms with Crippen LogP contribution in [-0.4, -0.2) is 17.6 Å². The topological polar surface area (TPSA) is 49.3 Å². The van der Waals surface area contributed by atoms with E-state index in [4.69, 9.17) is 5.11 Å². The van der Waals surface area contributed by atoms with Gasteiger partial charge in [0, 0.05) is 6.04 Å². The second-order valence-electron chi connectivity index (χ2n) is 4.07. The van der Waals surface area contributed by atoms with Crippen LogP contribution in [0.25, 0.3) is 0 Å². The minimum atomic E-state index is -0.818. The van der Waals surface area contributed by atoms with Crippen LogP contribution in [0.2, 0.25) is 0 Å². The fraction of sp³-hybridized carbons (Fsp3) is 0.417. The van der Waals surface area contributed by atoms with E-state index < -0.39 is 11.9 Å². The molecule has 1 heterocycles. The molecule has 2 atom stereocenters. The van der Waals surface area contributed by atoms with Crippen molar-refractivity contribution in [3.8, 4) is 0 Å². The average molecular weight is 223 g/mol. The Bertz CT molecular complexity index is 394. The summed E-state index contributed by atoms with van der Waals surface area (Å²) in [5, 5.41) is 12.3. The van der Waals surface area contributed by atoms with Gasteiger partial charge in [-0.3, -0.25) is 4.79 Å². The SMILES string of the molecule is O=C(O)[C@H]1CCCN[C@@H]1c1cccc(F)c1. The summed E-state index contributed by atoms with van der Waals surface area (Å²) in [5.41, 5.74) is 0.715. The summed E-state index contributed by atoms with van der Waals surface area (Å²) < 4.78 is 13.1. The number of aliphatic carboxylic acids is 1. The van der Waals surface area contributed by atoms with Crippen LogP contribution in [0.3, 0.4) is 0 Å². The van der Waals surface area contributed by atoms with Crippen molar-refractivity contribution >= 4 is 5.97 Å². The molecule has 1 aromatic carbocycles. The molecule has 1 aliphatic heterocycles. The summed E-state index contributed by atoms with van der Waals surface area (Å²) in [4.78, 5) is 11.1. The number of carboxylic acids is 1. The number of halogens is 1. The van der Waals surface area contributed by atoms with E-state index in [1.54, 1.807) is 12.1 Å². The van der Waals surface area contributed by atoms with Crippen molar-refractivity contribution in [2.45, 2.75) is 18.9 Å². The highest BCUT2D eigenvalue weighted by molar-refractivity contribution is 5.71. The van der Waals surface area contributed by atoms with E-state index >= 15 is 0 Å². The Morgan fingerprint density at radius 1 is 1.50 bits per heavy atom. The Balaban J connectivity index is 2.26. The number of nitrogens with one attached hydrogen (secondary N) is 1. The maximum Gasteiger partial charge on any atom is 0.308 e. The first-order valence-corrected chi connectivity index (χ1v) is 5.40. The molecule has 0 aliphatic carbocycles. The summed E-state index contributed by atoms with van der Waals surface area (Å²) in [6.45, 7) is 0.783. The second-order valence-corrected chi connectivity index (χ2v) is 4.07. The lowest BCUT2D eigenvalue weighted by atomic mass is 9.86. The maximum absolute atomic E-state index is 13.1. The maximum atomic E-state index is 13.1. The number of hydrogen-bond donors (Lipinski definition) is 2. The number of hydrogen-bond acceptors (Lipinski definition) is 2. The molecule has 1 aliphatic rings. The molecule has 3 nitrogen and oxygen atoms in total. The Kier molecular flexibility index (Phi) is 3.19. The van der Waals surface area contributed by atoms with E-state index in [9.17, 15) is 9.18 Å². The summed E-state index contributed by atoms with van der Waals surface area (Å²) in [6.07, 6.45) is 1.49. The first-order chi connectivity index (χ1) is 7.68. The third-order valence-corrected chi connectivity index (χ3v) is 2.98. The van der Waals surface area contributed by atoms with Crippen molar-refractivity contribution in [1.29, 1.82) is 0 Å². The number of carboxylic acid groups (broad SMARTS) is 1. The lowest BCUT2D eigenvalue weighted by Crippen LogP contribution is -2.38. The largest absolute Gasteiger partial charge is 0.481 e. The molecule has 86 valence electrons. The molecule has 0 spiro atoms. The minimum absolute atomic E-state index is 0.276. The lowest BCUT2D eigenvalue weighted by molar-refractivity contribution is -0.143. The highest BCUT2D eigenvalue weighted by Crippen LogP contribution is 2.29. The van der Waals surface area contributed by atoms with Crippen LogP contribution in [0.15, 0.2) is 24.3 Å². The van der Waals surface area contributed by atoms with Crippen LogP contribution in [0.1, 0.15) is 24.4 Å². The number of piperidine rings is 1. The molecule has 2 rings (SSSR count). The van der Waals surface area contributed by atoms with Gasteiger partial charge in [0.05, 0.1) is 5.92 Å². The van der Waals surface area contributed by atoms with Crippen molar-refractivity contribution in [1.82, 2.24) is 5.32 Å². The van der Waals surface area contributed by atoms with Gasteiger partial charge >= 0.3 is 5.97 Å². The molecule has 0 saturated carbocycles. The lowest BCUT2D eigenvalue weighted by Gasteiger charge is -2.30. The summed E-state index contributed by atoms with van der Waals surface area (Å²) >= 11 is 0. The number of benzene rings is 1. The van der Waals surface area contributed by atoms with Gasteiger partial charge in [-0.1, -0.05) is 12.1 Å². The van der Waals surface area contributed by atoms with Crippen molar-refractivity contribution in [2.75, 3.05) is 6.54 Å². The molecule has 2 N–H and O–H groups in total. The van der Waals surface area contributed by atoms with Gasteiger partial charge in [-0.2, -0.15) is 0 Å². The van der Waals surface area contributed by atoms with Crippen LogP contribution in [0.5, 0.6) is 0 Å². The van der Waals surface area contributed by atoms with Gasteiger partial charge in [0.25, 0.3) is 0 Å². The van der Waals surface area contributed by atoms with Crippen molar-refractivity contribution in [3.63, 3.8) is 0 Å². The van der Waals surface area contributed by atoms with Crippen LogP contribution in [0, 0.1) is 11.7 Å². The molecule has 0 aromatic heterocycles. The first-order valence-electron chi connectivity index (χ1n) is 5.40. The molecule has 0 radical (unpaired) electrons. The van der Waals surface area contributed by atoms with Crippen molar-refractivity contribution in [3.05, 3.63) is 35.6 Å². The van der Waals surface area contributed by atoms with Crippen LogP contribution in [-0.2, 0) is 4.79 Å². The van der Waals surface area contributed by atoms with Gasteiger partial charge < -0.3 is 10.4 Å². The van der Waals surface area contributed by atoms with E-state index in [0.29, 0.717) is 12.0 Å². The molecule has 1 aromatic rings. The van der Waals surface area contributed by atoms with Crippen molar-refractivity contribution < 1.29 is 14.3 Å². The predicted molar refractivity (Wildman–Crippen MR) is 57.5 cm³/mol. The van der Waals surface area contributed by atoms with Gasteiger partial charge in [0.15, 0.2) is 0 Å². The summed E-state index contributed by atoms with van der Waals surface area (Å²) in [7, 11) is 0. The van der Waals surface area contributed by atoms with Gasteiger partial charge in [-0.15, -0.1) is 0 Å². The fourth-order valence-corrected chi connectivity index (χ4v) is 2.20. The normalized spacial score (nSPS) is 25.3. The zero-order chi connectivity index (χ0) is 11.5. The Morgan fingerprint density at radius 2 is 2.31 bits per heavy atom. The van der Waals surface area contributed by atoms with E-state index in [1.165, 1.54) is 12.1 Å². The highest BCUT2D eigenvalue weighted by Gasteiger charge is 2.31. The molecular weight excluding hydrogens is 209 g/mol. The first kappa shape index (κ1) is 11.1. The monoisotopic (exact) mass is 223 g/mol. The molecule has 0 bridgehead atoms. The van der Waals surface area contributed by atoms with Gasteiger partial charge in [-0.05, 0) is 37.1 Å². The average Bonchev–Trinajstić information content (AvgIpc) is 2.29. The zero-order valence-corrected chi connectivity index (χ0v) is 8.82. The van der Waals surface area contributed by atoms with Gasteiger partial charge in [0.1, 0.15) is 5.82 Å². The summed E-state index contributed by atoms with van der Waals surface area (Å²) in [6, 6.07) is 5.87. The van der Waals surface area contributed by atoms with Gasteiger partial charge in [0.2, 0.25) is 0 Å². The van der Waals surface area contributed by atoms with E-state index in [2.05, 4.69) is 5.32 Å². The minimum Gasteiger partial charge on any atom is -0.481 e. The second kappa shape index (κ2) is 4.61. The highest BCUT2D eigenvalue weighted by atomic mass is 19.1. The van der Waals surface area contributed by atoms with Crippen LogP contribution < -0.4 is 5.32 Å². The fourth-order valence-electron chi connectivity index (χ4n) is 2.20. The van der Waals surface area contributed by atoms with Crippen LogP contribution in [0.4, 0.5) is 4.39 Å². The molecule has 4 heteroatoms. The third-order valence-electron chi connectivity index (χ3n) is 2.98. The van der Waals surface area contributed by atoms with E-state index in [1.807, 2.05) is 0 Å². The molecule has 0 amide bonds. The molecule has 1 saturated heterocycles. The standard InChI is InChI=1S/C12H14FNO2/c13-9-4-1-3-8(7-9)11-10(12(15)16)5-2-6-14-11/h1,3-4,7,10-11,14H,2,5-6H2,(H,15,16)/t10-,11+/m0/s1. The zero-order valence-electron chi connectivity index (χ0n) is 8.82. The van der Waals surface area contributed by atoms with E-state index in [-0.39, 0.29) is 11.9 Å². The molecule has 1 fully saturated rings. The quantitative estimate of drug-likeness (QED) is 0.805. The molecule has 0 unspecified atom stereocenters. The molecular formula is C12H14FNO2.